The molecule has 6 heteroatoms. The fourth-order valence-corrected chi connectivity index (χ4v) is 2.04. The van der Waals surface area contributed by atoms with Crippen LogP contribution in [0.1, 0.15) is 19.9 Å². The molecule has 2 N–H and O–H groups in total. The zero-order valence-electron chi connectivity index (χ0n) is 11.9. The van der Waals surface area contributed by atoms with E-state index >= 15 is 0 Å². The summed E-state index contributed by atoms with van der Waals surface area (Å²) in [4.78, 5) is 14.0. The molecule has 2 rings (SSSR count). The summed E-state index contributed by atoms with van der Waals surface area (Å²) >= 11 is 0. The van der Waals surface area contributed by atoms with Crippen LogP contribution >= 0.6 is 0 Å². The van der Waals surface area contributed by atoms with Gasteiger partial charge in [-0.3, -0.25) is 4.79 Å². The SMILES string of the molecule is CC(C)n1cc(NNN2CCN(C)CC2)ccc1=O. The Hall–Kier alpha value is -1.37. The topological polar surface area (TPSA) is 52.5 Å². The molecule has 6 nitrogen and oxygen atoms in total. The molecule has 1 saturated heterocycles. The molecule has 1 aliphatic heterocycles. The highest BCUT2D eigenvalue weighted by molar-refractivity contribution is 5.38. The van der Waals surface area contributed by atoms with Crippen molar-refractivity contribution < 1.29 is 0 Å². The van der Waals surface area contributed by atoms with E-state index in [1.807, 2.05) is 20.0 Å². The van der Waals surface area contributed by atoms with Crippen molar-refractivity contribution in [3.05, 3.63) is 28.7 Å². The summed E-state index contributed by atoms with van der Waals surface area (Å²) in [6, 6.07) is 3.55. The van der Waals surface area contributed by atoms with Gasteiger partial charge in [0.25, 0.3) is 5.56 Å². The van der Waals surface area contributed by atoms with E-state index in [0.717, 1.165) is 31.9 Å². The number of aromatic nitrogens is 1. The molecule has 0 aliphatic carbocycles. The van der Waals surface area contributed by atoms with Crippen molar-refractivity contribution in [1.29, 1.82) is 0 Å². The largest absolute Gasteiger partial charge is 0.311 e. The summed E-state index contributed by atoms with van der Waals surface area (Å²) in [5.74, 6) is 0. The Morgan fingerprint density at radius 3 is 2.47 bits per heavy atom. The number of anilines is 1. The quantitative estimate of drug-likeness (QED) is 0.777. The highest BCUT2D eigenvalue weighted by atomic mass is 16.1. The monoisotopic (exact) mass is 265 g/mol. The zero-order valence-corrected chi connectivity index (χ0v) is 11.9. The van der Waals surface area contributed by atoms with E-state index < -0.39 is 0 Å². The third-order valence-corrected chi connectivity index (χ3v) is 3.36. The number of nitrogens with zero attached hydrogens (tertiary/aromatic N) is 3. The van der Waals surface area contributed by atoms with Crippen LogP contribution in [0, 0.1) is 0 Å². The summed E-state index contributed by atoms with van der Waals surface area (Å²) in [5, 5.41) is 2.14. The van der Waals surface area contributed by atoms with Gasteiger partial charge in [-0.1, -0.05) is 0 Å². The molecule has 106 valence electrons. The van der Waals surface area contributed by atoms with Gasteiger partial charge in [0.2, 0.25) is 0 Å². The van der Waals surface area contributed by atoms with Gasteiger partial charge in [-0.05, 0) is 27.0 Å². The molecule has 0 saturated carbocycles. The molecule has 0 unspecified atom stereocenters. The first-order valence-corrected chi connectivity index (χ1v) is 6.73. The smallest absolute Gasteiger partial charge is 0.250 e. The van der Waals surface area contributed by atoms with Gasteiger partial charge >= 0.3 is 0 Å². The first-order valence-electron chi connectivity index (χ1n) is 6.73. The third-order valence-electron chi connectivity index (χ3n) is 3.36. The van der Waals surface area contributed by atoms with E-state index in [2.05, 4.69) is 27.9 Å². The Balaban J connectivity index is 1.93. The molecular weight excluding hydrogens is 242 g/mol. The molecule has 0 bridgehead atoms. The van der Waals surface area contributed by atoms with Crippen molar-refractivity contribution in [1.82, 2.24) is 20.0 Å². The average molecular weight is 265 g/mol. The highest BCUT2D eigenvalue weighted by Gasteiger charge is 2.12. The number of pyridine rings is 1. The predicted molar refractivity (Wildman–Crippen MR) is 76.9 cm³/mol. The lowest BCUT2D eigenvalue weighted by atomic mass is 10.3. The van der Waals surface area contributed by atoms with Gasteiger partial charge in [-0.2, -0.15) is 5.53 Å². The maximum Gasteiger partial charge on any atom is 0.250 e. The molecule has 19 heavy (non-hydrogen) atoms. The lowest BCUT2D eigenvalue weighted by Crippen LogP contribution is -2.52. The minimum Gasteiger partial charge on any atom is -0.311 e. The summed E-state index contributed by atoms with van der Waals surface area (Å²) in [6.07, 6.45) is 1.84. The van der Waals surface area contributed by atoms with E-state index in [4.69, 9.17) is 0 Å². The van der Waals surface area contributed by atoms with Crippen LogP contribution in [0.5, 0.6) is 0 Å². The van der Waals surface area contributed by atoms with Gasteiger partial charge in [0.05, 0.1) is 5.69 Å². The van der Waals surface area contributed by atoms with Crippen molar-refractivity contribution in [2.45, 2.75) is 19.9 Å². The summed E-state index contributed by atoms with van der Waals surface area (Å²) in [6.45, 7) is 8.07. The third kappa shape index (κ3) is 3.79. The predicted octanol–water partition coefficient (Wildman–Crippen LogP) is 0.508. The number of hydrazine groups is 2. The van der Waals surface area contributed by atoms with Crippen LogP contribution in [-0.4, -0.2) is 47.7 Å². The maximum atomic E-state index is 11.7. The minimum atomic E-state index is 0.0279. The fourth-order valence-electron chi connectivity index (χ4n) is 2.04. The number of likely N-dealkylation sites (N-methyl/N-ethyl adjacent to an activating group) is 1. The van der Waals surface area contributed by atoms with Crippen molar-refractivity contribution in [2.75, 3.05) is 38.7 Å². The van der Waals surface area contributed by atoms with Gasteiger partial charge in [-0.15, -0.1) is 0 Å². The van der Waals surface area contributed by atoms with Gasteiger partial charge < -0.3 is 14.9 Å². The van der Waals surface area contributed by atoms with E-state index in [1.54, 1.807) is 16.7 Å². The Labute approximate surface area is 113 Å². The summed E-state index contributed by atoms with van der Waals surface area (Å²) < 4.78 is 1.72. The second kappa shape index (κ2) is 6.18. The molecule has 1 fully saturated rings. The van der Waals surface area contributed by atoms with Crippen LogP contribution in [0.25, 0.3) is 0 Å². The Kier molecular flexibility index (Phi) is 4.57. The summed E-state index contributed by atoms with van der Waals surface area (Å²) in [5.41, 5.74) is 7.26. The number of rotatable bonds is 4. The molecule has 0 aromatic carbocycles. The van der Waals surface area contributed by atoms with E-state index in [1.165, 1.54) is 0 Å². The molecule has 0 spiro atoms. The van der Waals surface area contributed by atoms with Gasteiger partial charge in [-0.25, -0.2) is 5.01 Å². The maximum absolute atomic E-state index is 11.7. The second-order valence-electron chi connectivity index (χ2n) is 5.28. The normalized spacial score (nSPS) is 17.9. The lowest BCUT2D eigenvalue weighted by molar-refractivity contribution is 0.115. The Bertz CT molecular complexity index is 462. The summed E-state index contributed by atoms with van der Waals surface area (Å²) in [7, 11) is 2.13. The van der Waals surface area contributed by atoms with Crippen LogP contribution in [-0.2, 0) is 0 Å². The molecule has 1 aliphatic rings. The molecule has 2 heterocycles. The fraction of sp³-hybridized carbons (Fsp3) is 0.615. The van der Waals surface area contributed by atoms with Crippen LogP contribution in [0.3, 0.4) is 0 Å². The molecule has 0 atom stereocenters. The van der Waals surface area contributed by atoms with Crippen LogP contribution in [0.2, 0.25) is 0 Å². The molecule has 0 radical (unpaired) electrons. The van der Waals surface area contributed by atoms with Crippen LogP contribution in [0.15, 0.2) is 23.1 Å². The van der Waals surface area contributed by atoms with Crippen molar-refractivity contribution in [3.8, 4) is 0 Å². The lowest BCUT2D eigenvalue weighted by Gasteiger charge is -2.32. The second-order valence-corrected chi connectivity index (χ2v) is 5.28. The first kappa shape index (κ1) is 14.0. The van der Waals surface area contributed by atoms with Crippen LogP contribution in [0.4, 0.5) is 5.69 Å². The van der Waals surface area contributed by atoms with Gasteiger partial charge in [0.15, 0.2) is 0 Å². The average Bonchev–Trinajstić information content (AvgIpc) is 2.39. The number of hydrogen-bond acceptors (Lipinski definition) is 5. The standard InChI is InChI=1S/C13H23N5O/c1-11(2)18-10-12(4-5-13(18)19)14-15-17-8-6-16(3)7-9-17/h4-5,10-11,14-15H,6-9H2,1-3H3. The van der Waals surface area contributed by atoms with Crippen molar-refractivity contribution in [2.24, 2.45) is 0 Å². The number of nitrogens with one attached hydrogen (secondary N) is 2. The Morgan fingerprint density at radius 1 is 1.16 bits per heavy atom. The number of piperazine rings is 1. The van der Waals surface area contributed by atoms with Crippen LogP contribution < -0.4 is 16.5 Å². The Morgan fingerprint density at radius 2 is 1.84 bits per heavy atom. The first-order chi connectivity index (χ1) is 9.06. The van der Waals surface area contributed by atoms with Gasteiger partial charge in [0.1, 0.15) is 0 Å². The molecule has 0 amide bonds. The number of hydrogen-bond donors (Lipinski definition) is 2. The van der Waals surface area contributed by atoms with Gasteiger partial charge in [0, 0.05) is 44.5 Å². The minimum absolute atomic E-state index is 0.0279. The molecule has 1 aromatic heterocycles. The molecule has 1 aromatic rings. The van der Waals surface area contributed by atoms with E-state index in [0.29, 0.717) is 0 Å². The van der Waals surface area contributed by atoms with E-state index in [9.17, 15) is 4.79 Å². The highest BCUT2D eigenvalue weighted by Crippen LogP contribution is 2.07. The van der Waals surface area contributed by atoms with Crippen molar-refractivity contribution >= 4 is 5.69 Å². The van der Waals surface area contributed by atoms with E-state index in [-0.39, 0.29) is 11.6 Å². The van der Waals surface area contributed by atoms with Crippen molar-refractivity contribution in [3.63, 3.8) is 0 Å². The molecular formula is C13H23N5O. The zero-order chi connectivity index (χ0) is 13.8.